The van der Waals surface area contributed by atoms with Crippen molar-refractivity contribution in [2.45, 2.75) is 6.18 Å². The van der Waals surface area contributed by atoms with Gasteiger partial charge in [-0.25, -0.2) is 9.78 Å². The Kier molecular flexibility index (Phi) is 4.13. The van der Waals surface area contributed by atoms with Gasteiger partial charge in [-0.15, -0.1) is 11.3 Å². The predicted molar refractivity (Wildman–Crippen MR) is 63.3 cm³/mol. The van der Waals surface area contributed by atoms with Crippen LogP contribution in [-0.4, -0.2) is 54.9 Å². The summed E-state index contributed by atoms with van der Waals surface area (Å²) in [6.45, 7) is 0.189. The van der Waals surface area contributed by atoms with E-state index in [0.29, 0.717) is 26.2 Å². The summed E-state index contributed by atoms with van der Waals surface area (Å²) in [5, 5.41) is 2.70. The molecule has 2 rings (SSSR count). The summed E-state index contributed by atoms with van der Waals surface area (Å²) in [5.41, 5.74) is 0. The molecule has 0 aliphatic carbocycles. The maximum absolute atomic E-state index is 11.9. The van der Waals surface area contributed by atoms with Crippen molar-refractivity contribution in [3.05, 3.63) is 11.6 Å². The number of carbonyl (C=O) groups is 1. The standard InChI is InChI=1S/C10H12F3N3O2S/c11-10(12,13)7-18-9(17)16-4-2-15(3-5-16)8-14-1-6-19-8/h1,6H,2-5,7H2. The molecule has 1 aromatic heterocycles. The van der Waals surface area contributed by atoms with E-state index in [1.165, 1.54) is 16.2 Å². The highest BCUT2D eigenvalue weighted by atomic mass is 32.1. The Morgan fingerprint density at radius 3 is 2.58 bits per heavy atom. The zero-order chi connectivity index (χ0) is 13.9. The van der Waals surface area contributed by atoms with Crippen LogP contribution in [0.5, 0.6) is 0 Å². The number of anilines is 1. The van der Waals surface area contributed by atoms with Gasteiger partial charge in [-0.3, -0.25) is 0 Å². The minimum Gasteiger partial charge on any atom is -0.440 e. The molecule has 0 unspecified atom stereocenters. The third-order valence-corrected chi connectivity index (χ3v) is 3.42. The number of ether oxygens (including phenoxy) is 1. The molecule has 0 saturated carbocycles. The molecule has 5 nitrogen and oxygen atoms in total. The Hall–Kier alpha value is -1.51. The summed E-state index contributed by atoms with van der Waals surface area (Å²) in [6.07, 6.45) is -3.72. The van der Waals surface area contributed by atoms with Crippen LogP contribution in [0.15, 0.2) is 11.6 Å². The zero-order valence-electron chi connectivity index (χ0n) is 9.89. The van der Waals surface area contributed by atoms with Crippen molar-refractivity contribution in [2.24, 2.45) is 0 Å². The number of halogens is 3. The van der Waals surface area contributed by atoms with Crippen LogP contribution in [-0.2, 0) is 4.74 Å². The van der Waals surface area contributed by atoms with Crippen LogP contribution in [0.25, 0.3) is 0 Å². The average molecular weight is 295 g/mol. The zero-order valence-corrected chi connectivity index (χ0v) is 10.7. The second-order valence-electron chi connectivity index (χ2n) is 3.96. The first-order valence-corrected chi connectivity index (χ1v) is 6.46. The number of piperazine rings is 1. The molecule has 0 radical (unpaired) electrons. The van der Waals surface area contributed by atoms with Gasteiger partial charge in [-0.1, -0.05) is 0 Å². The molecule has 0 atom stereocenters. The molecule has 1 aliphatic heterocycles. The van der Waals surface area contributed by atoms with E-state index >= 15 is 0 Å². The summed E-state index contributed by atoms with van der Waals surface area (Å²) in [4.78, 5) is 18.8. The molecule has 1 aliphatic rings. The summed E-state index contributed by atoms with van der Waals surface area (Å²) in [6, 6.07) is 0. The van der Waals surface area contributed by atoms with Gasteiger partial charge in [0, 0.05) is 37.8 Å². The highest BCUT2D eigenvalue weighted by Crippen LogP contribution is 2.19. The molecule has 2 heterocycles. The van der Waals surface area contributed by atoms with Gasteiger partial charge >= 0.3 is 12.3 Å². The van der Waals surface area contributed by atoms with E-state index in [1.54, 1.807) is 6.20 Å². The number of hydrogen-bond acceptors (Lipinski definition) is 5. The van der Waals surface area contributed by atoms with Crippen molar-refractivity contribution in [1.29, 1.82) is 0 Å². The van der Waals surface area contributed by atoms with Gasteiger partial charge in [0.15, 0.2) is 11.7 Å². The summed E-state index contributed by atoms with van der Waals surface area (Å²) in [5.74, 6) is 0. The number of hydrogen-bond donors (Lipinski definition) is 0. The SMILES string of the molecule is O=C(OCC(F)(F)F)N1CCN(c2nccs2)CC1. The van der Waals surface area contributed by atoms with Gasteiger partial charge in [0.2, 0.25) is 0 Å². The molecular weight excluding hydrogens is 283 g/mol. The van der Waals surface area contributed by atoms with Gasteiger partial charge in [-0.2, -0.15) is 13.2 Å². The third-order valence-electron chi connectivity index (χ3n) is 2.59. The van der Waals surface area contributed by atoms with Crippen LogP contribution in [0, 0.1) is 0 Å². The first-order valence-electron chi connectivity index (χ1n) is 5.58. The van der Waals surface area contributed by atoms with Crippen LogP contribution >= 0.6 is 11.3 Å². The number of nitrogens with zero attached hydrogens (tertiary/aromatic N) is 3. The second kappa shape index (κ2) is 5.64. The highest BCUT2D eigenvalue weighted by Gasteiger charge is 2.31. The lowest BCUT2D eigenvalue weighted by Gasteiger charge is -2.33. The van der Waals surface area contributed by atoms with Crippen molar-refractivity contribution >= 4 is 22.6 Å². The van der Waals surface area contributed by atoms with Crippen molar-refractivity contribution < 1.29 is 22.7 Å². The average Bonchev–Trinajstić information content (AvgIpc) is 2.89. The molecule has 106 valence electrons. The van der Waals surface area contributed by atoms with Gasteiger partial charge in [0.25, 0.3) is 0 Å². The number of aromatic nitrogens is 1. The van der Waals surface area contributed by atoms with Crippen LogP contribution in [0.1, 0.15) is 0 Å². The molecule has 0 spiro atoms. The smallest absolute Gasteiger partial charge is 0.422 e. The number of carbonyl (C=O) groups excluding carboxylic acids is 1. The van der Waals surface area contributed by atoms with Crippen LogP contribution < -0.4 is 4.90 Å². The lowest BCUT2D eigenvalue weighted by atomic mass is 10.3. The molecule has 1 aromatic rings. The molecule has 1 fully saturated rings. The van der Waals surface area contributed by atoms with E-state index in [4.69, 9.17) is 0 Å². The number of alkyl halides is 3. The molecule has 19 heavy (non-hydrogen) atoms. The topological polar surface area (TPSA) is 45.7 Å². The van der Waals surface area contributed by atoms with Crippen molar-refractivity contribution in [3.8, 4) is 0 Å². The van der Waals surface area contributed by atoms with Gasteiger partial charge in [0.05, 0.1) is 0 Å². The van der Waals surface area contributed by atoms with Crippen LogP contribution in [0.3, 0.4) is 0 Å². The van der Waals surface area contributed by atoms with Crippen LogP contribution in [0.2, 0.25) is 0 Å². The molecule has 0 bridgehead atoms. The van der Waals surface area contributed by atoms with Crippen molar-refractivity contribution in [2.75, 3.05) is 37.7 Å². The van der Waals surface area contributed by atoms with Crippen LogP contribution in [0.4, 0.5) is 23.1 Å². The lowest BCUT2D eigenvalue weighted by Crippen LogP contribution is -2.49. The Labute approximate surface area is 111 Å². The Bertz CT molecular complexity index is 416. The molecule has 1 amide bonds. The Balaban J connectivity index is 1.78. The van der Waals surface area contributed by atoms with E-state index in [-0.39, 0.29) is 0 Å². The number of amides is 1. The molecular formula is C10H12F3N3O2S. The highest BCUT2D eigenvalue weighted by molar-refractivity contribution is 7.13. The predicted octanol–water partition coefficient (Wildman–Crippen LogP) is 1.96. The molecule has 0 aromatic carbocycles. The normalized spacial score (nSPS) is 16.6. The summed E-state index contributed by atoms with van der Waals surface area (Å²) >= 11 is 1.48. The molecule has 1 saturated heterocycles. The number of rotatable bonds is 2. The minimum absolute atomic E-state index is 0.330. The maximum Gasteiger partial charge on any atom is 0.422 e. The third kappa shape index (κ3) is 3.98. The monoisotopic (exact) mass is 295 g/mol. The van der Waals surface area contributed by atoms with Crippen molar-refractivity contribution in [3.63, 3.8) is 0 Å². The van der Waals surface area contributed by atoms with E-state index in [9.17, 15) is 18.0 Å². The summed E-state index contributed by atoms with van der Waals surface area (Å²) < 4.78 is 40.0. The largest absolute Gasteiger partial charge is 0.440 e. The fraction of sp³-hybridized carbons (Fsp3) is 0.600. The fourth-order valence-corrected chi connectivity index (χ4v) is 2.38. The second-order valence-corrected chi connectivity index (χ2v) is 4.83. The van der Waals surface area contributed by atoms with E-state index in [2.05, 4.69) is 9.72 Å². The first-order chi connectivity index (χ1) is 8.96. The maximum atomic E-state index is 11.9. The van der Waals surface area contributed by atoms with E-state index in [1.807, 2.05) is 10.3 Å². The lowest BCUT2D eigenvalue weighted by molar-refractivity contribution is -0.162. The van der Waals surface area contributed by atoms with Gasteiger partial charge in [0.1, 0.15) is 0 Å². The summed E-state index contributed by atoms with van der Waals surface area (Å²) in [7, 11) is 0. The Morgan fingerprint density at radius 2 is 2.05 bits per heavy atom. The number of thiazole rings is 1. The fourth-order valence-electron chi connectivity index (χ4n) is 1.69. The van der Waals surface area contributed by atoms with Gasteiger partial charge in [-0.05, 0) is 0 Å². The Morgan fingerprint density at radius 1 is 1.37 bits per heavy atom. The van der Waals surface area contributed by atoms with Gasteiger partial charge < -0.3 is 14.5 Å². The van der Waals surface area contributed by atoms with E-state index in [0.717, 1.165) is 5.13 Å². The molecule has 9 heteroatoms. The molecule has 0 N–H and O–H groups in total. The first kappa shape index (κ1) is 13.9. The van der Waals surface area contributed by atoms with Crippen molar-refractivity contribution in [1.82, 2.24) is 9.88 Å². The minimum atomic E-state index is -4.49. The van der Waals surface area contributed by atoms with E-state index < -0.39 is 18.9 Å². The quantitative estimate of drug-likeness (QED) is 0.837.